The van der Waals surface area contributed by atoms with E-state index < -0.39 is 86.8 Å². The van der Waals surface area contributed by atoms with E-state index in [-0.39, 0.29) is 18.9 Å². The Kier molecular flexibility index (Phi) is 47.8. The molecule has 79 heavy (non-hydrogen) atoms. The topological polar surface area (TPSA) is 228 Å². The van der Waals surface area contributed by atoms with Crippen LogP contribution in [0.3, 0.4) is 0 Å². The zero-order chi connectivity index (χ0) is 57.4. The third-order valence-corrected chi connectivity index (χ3v) is 16.7. The van der Waals surface area contributed by atoms with Crippen molar-refractivity contribution in [2.24, 2.45) is 0 Å². The van der Waals surface area contributed by atoms with Gasteiger partial charge in [0.15, 0.2) is 12.6 Å². The molecule has 0 aromatic heterocycles. The van der Waals surface area contributed by atoms with Gasteiger partial charge in [0.1, 0.15) is 48.8 Å². The van der Waals surface area contributed by atoms with Gasteiger partial charge >= 0.3 is 0 Å². The molecule has 0 aromatic carbocycles. The molecular weight excluding hydrogens is 1000 g/mol. The number of nitrogens with one attached hydrogen (secondary N) is 1. The van der Waals surface area contributed by atoms with E-state index in [0.29, 0.717) is 6.42 Å². The molecule has 0 radical (unpaired) electrons. The highest BCUT2D eigenvalue weighted by Crippen LogP contribution is 2.30. The Labute approximate surface area is 482 Å². The molecule has 2 rings (SSSR count). The second kappa shape index (κ2) is 51.2. The van der Waals surface area contributed by atoms with Crippen molar-refractivity contribution in [2.75, 3.05) is 19.8 Å². The van der Waals surface area contributed by atoms with Gasteiger partial charge in [0.2, 0.25) is 5.91 Å². The van der Waals surface area contributed by atoms with Crippen LogP contribution in [-0.2, 0) is 23.7 Å². The van der Waals surface area contributed by atoms with Crippen molar-refractivity contribution in [3.63, 3.8) is 0 Å². The van der Waals surface area contributed by atoms with Gasteiger partial charge in [0.05, 0.1) is 32.0 Å². The molecule has 1 amide bonds. The van der Waals surface area contributed by atoms with Gasteiger partial charge in [-0.05, 0) is 19.3 Å². The molecule has 9 N–H and O–H groups in total. The molecule has 0 saturated carbocycles. The Bertz CT molecular complexity index is 1380. The molecule has 0 aliphatic carbocycles. The molecule has 14 nitrogen and oxygen atoms in total. The van der Waals surface area contributed by atoms with Crippen LogP contribution in [0.2, 0.25) is 0 Å². The highest BCUT2D eigenvalue weighted by molar-refractivity contribution is 5.76. The van der Waals surface area contributed by atoms with Crippen LogP contribution >= 0.6 is 0 Å². The Morgan fingerprint density at radius 3 is 1.16 bits per heavy atom. The number of hydrogen-bond acceptors (Lipinski definition) is 13. The van der Waals surface area contributed by atoms with Crippen LogP contribution in [0.15, 0.2) is 12.2 Å². The lowest BCUT2D eigenvalue weighted by Gasteiger charge is -2.46. The summed E-state index contributed by atoms with van der Waals surface area (Å²) in [5.74, 6) is -0.232. The largest absolute Gasteiger partial charge is 0.394 e. The number of carbonyl (C=O) groups excluding carboxylic acids is 1. The zero-order valence-corrected chi connectivity index (χ0v) is 50.6. The lowest BCUT2D eigenvalue weighted by atomic mass is 9.97. The predicted octanol–water partition coefficient (Wildman–Crippen LogP) is 12.6. The molecule has 14 heteroatoms. The maximum Gasteiger partial charge on any atom is 0.220 e. The van der Waals surface area contributed by atoms with Crippen LogP contribution in [0.25, 0.3) is 0 Å². The SMILES string of the molecule is CCCCCCCCCCCCCCCCC/C=C/C(O)C(COC1OC(CO)C(OC2OC(CO)C(O)C(O)C2O)C(O)C1O)NC(=O)CCCCCCCCCCCCCCCCCCCCCCCCCCCCCC. The predicted molar refractivity (Wildman–Crippen MR) is 319 cm³/mol. The molecule has 2 aliphatic rings. The minimum Gasteiger partial charge on any atom is -0.394 e. The van der Waals surface area contributed by atoms with Crippen LogP contribution in [0.1, 0.15) is 303 Å². The molecule has 0 spiro atoms. The summed E-state index contributed by atoms with van der Waals surface area (Å²) in [4.78, 5) is 13.3. The Hall–Kier alpha value is -1.27. The third-order valence-electron chi connectivity index (χ3n) is 16.7. The second-order valence-corrected chi connectivity index (χ2v) is 24.0. The first-order valence-corrected chi connectivity index (χ1v) is 33.4. The van der Waals surface area contributed by atoms with E-state index in [4.69, 9.17) is 18.9 Å². The first kappa shape index (κ1) is 73.8. The highest BCUT2D eigenvalue weighted by atomic mass is 16.7. The summed E-state index contributed by atoms with van der Waals surface area (Å²) in [6.45, 7) is 2.85. The van der Waals surface area contributed by atoms with Crippen molar-refractivity contribution in [1.29, 1.82) is 0 Å². The summed E-state index contributed by atoms with van der Waals surface area (Å²) >= 11 is 0. The van der Waals surface area contributed by atoms with Crippen molar-refractivity contribution in [2.45, 2.75) is 376 Å². The molecule has 468 valence electrons. The van der Waals surface area contributed by atoms with E-state index >= 15 is 0 Å². The second-order valence-electron chi connectivity index (χ2n) is 24.0. The maximum atomic E-state index is 13.3. The van der Waals surface area contributed by atoms with Crippen LogP contribution < -0.4 is 5.32 Å². The van der Waals surface area contributed by atoms with Gasteiger partial charge in [-0.2, -0.15) is 0 Å². The van der Waals surface area contributed by atoms with Gasteiger partial charge in [-0.3, -0.25) is 4.79 Å². The summed E-state index contributed by atoms with van der Waals surface area (Å²) < 4.78 is 22.8. The first-order valence-electron chi connectivity index (χ1n) is 33.4. The molecule has 0 bridgehead atoms. The van der Waals surface area contributed by atoms with Crippen molar-refractivity contribution in [3.8, 4) is 0 Å². The number of hydrogen-bond donors (Lipinski definition) is 9. The number of allylic oxidation sites excluding steroid dienone is 1. The maximum absolute atomic E-state index is 13.3. The summed E-state index contributed by atoms with van der Waals surface area (Å²) in [5.41, 5.74) is 0. The smallest absolute Gasteiger partial charge is 0.220 e. The van der Waals surface area contributed by atoms with Crippen molar-refractivity contribution in [1.82, 2.24) is 5.32 Å². The molecule has 2 saturated heterocycles. The lowest BCUT2D eigenvalue weighted by Crippen LogP contribution is -2.65. The Balaban J connectivity index is 1.67. The molecule has 12 unspecified atom stereocenters. The summed E-state index contributed by atoms with van der Waals surface area (Å²) in [6.07, 6.45) is 44.1. The fourth-order valence-corrected chi connectivity index (χ4v) is 11.4. The number of carbonyl (C=O) groups is 1. The average molecular weight is 1130 g/mol. The van der Waals surface area contributed by atoms with E-state index in [2.05, 4.69) is 19.2 Å². The Morgan fingerprint density at radius 1 is 0.443 bits per heavy atom. The number of aliphatic hydroxyl groups excluding tert-OH is 8. The van der Waals surface area contributed by atoms with Crippen molar-refractivity contribution in [3.05, 3.63) is 12.2 Å². The summed E-state index contributed by atoms with van der Waals surface area (Å²) in [5, 5.41) is 87.3. The number of amides is 1. The van der Waals surface area contributed by atoms with Crippen LogP contribution in [0.5, 0.6) is 0 Å². The fraction of sp³-hybridized carbons (Fsp3) is 0.954. The van der Waals surface area contributed by atoms with Crippen LogP contribution in [0.4, 0.5) is 0 Å². The normalized spacial score (nSPS) is 24.4. The van der Waals surface area contributed by atoms with Gasteiger partial charge < -0.3 is 65.1 Å². The molecule has 2 fully saturated rings. The van der Waals surface area contributed by atoms with Crippen LogP contribution in [0, 0.1) is 0 Å². The first-order chi connectivity index (χ1) is 38.6. The van der Waals surface area contributed by atoms with Gasteiger partial charge in [-0.25, -0.2) is 0 Å². The Morgan fingerprint density at radius 2 is 0.785 bits per heavy atom. The number of unbranched alkanes of at least 4 members (excludes halogenated alkanes) is 42. The number of rotatable bonds is 55. The van der Waals surface area contributed by atoms with Gasteiger partial charge in [0.25, 0.3) is 0 Å². The molecular formula is C65H125NO13. The van der Waals surface area contributed by atoms with E-state index in [0.717, 1.165) is 38.5 Å². The number of ether oxygens (including phenoxy) is 4. The average Bonchev–Trinajstić information content (AvgIpc) is 3.48. The standard InChI is InChI=1S/C65H125NO13/c1-3-5-7-9-11-13-15-17-19-21-22-23-24-25-26-27-28-29-30-31-33-35-37-39-41-43-45-47-49-57(70)66-53(54(69)48-46-44-42-40-38-36-34-32-20-18-16-14-12-10-8-6-4-2)52-76-64-62(75)60(73)63(56(51-68)78-64)79-65-61(74)59(72)58(71)55(50-67)77-65/h46,48,53-56,58-65,67-69,71-75H,3-45,47,49-52H2,1-2H3,(H,66,70)/b48-46+. The minimum absolute atomic E-state index is 0.232. The fourth-order valence-electron chi connectivity index (χ4n) is 11.4. The minimum atomic E-state index is -1.79. The van der Waals surface area contributed by atoms with Crippen LogP contribution in [-0.4, -0.2) is 140 Å². The summed E-state index contributed by atoms with van der Waals surface area (Å²) in [7, 11) is 0. The van der Waals surface area contributed by atoms with Crippen molar-refractivity contribution >= 4 is 5.91 Å². The quantitative estimate of drug-likeness (QED) is 0.0204. The van der Waals surface area contributed by atoms with E-state index in [9.17, 15) is 45.6 Å². The summed E-state index contributed by atoms with van der Waals surface area (Å²) in [6, 6.07) is -0.910. The third kappa shape index (κ3) is 36.2. The van der Waals surface area contributed by atoms with E-state index in [1.165, 1.54) is 238 Å². The van der Waals surface area contributed by atoms with Gasteiger partial charge in [0, 0.05) is 6.42 Å². The number of aliphatic hydroxyl groups is 8. The van der Waals surface area contributed by atoms with E-state index in [1.807, 2.05) is 6.08 Å². The lowest BCUT2D eigenvalue weighted by molar-refractivity contribution is -0.359. The molecule has 2 heterocycles. The monoisotopic (exact) mass is 1130 g/mol. The molecule has 2 aliphatic heterocycles. The molecule has 0 aromatic rings. The highest BCUT2D eigenvalue weighted by Gasteiger charge is 2.51. The molecule has 12 atom stereocenters. The van der Waals surface area contributed by atoms with E-state index in [1.54, 1.807) is 6.08 Å². The van der Waals surface area contributed by atoms with Gasteiger partial charge in [-0.1, -0.05) is 289 Å². The zero-order valence-electron chi connectivity index (χ0n) is 50.6. The van der Waals surface area contributed by atoms with Gasteiger partial charge in [-0.15, -0.1) is 0 Å². The van der Waals surface area contributed by atoms with Crippen molar-refractivity contribution < 1.29 is 64.6 Å².